The van der Waals surface area contributed by atoms with Gasteiger partial charge in [-0.15, -0.1) is 11.8 Å². The lowest BCUT2D eigenvalue weighted by molar-refractivity contribution is -0.140. The fraction of sp³-hybridized carbons (Fsp3) is 0.417. The lowest BCUT2D eigenvalue weighted by Crippen LogP contribution is -2.49. The molecule has 162 valence electrons. The van der Waals surface area contributed by atoms with Gasteiger partial charge in [0.05, 0.1) is 0 Å². The molecule has 0 bridgehead atoms. The maximum absolute atomic E-state index is 13.3. The van der Waals surface area contributed by atoms with Gasteiger partial charge in [-0.1, -0.05) is 36.8 Å². The maximum atomic E-state index is 13.3. The molecular weight excluding hydrogens is 399 g/mol. The first-order valence-electron chi connectivity index (χ1n) is 10.3. The number of aryl methyl sites for hydroxylation is 1. The lowest BCUT2D eigenvalue weighted by Gasteiger charge is -2.29. The molecule has 0 radical (unpaired) electrons. The molecule has 2 rings (SSSR count). The average Bonchev–Trinajstić information content (AvgIpc) is 2.74. The van der Waals surface area contributed by atoms with E-state index in [9.17, 15) is 14.0 Å². The second kappa shape index (κ2) is 11.7. The summed E-state index contributed by atoms with van der Waals surface area (Å²) in [7, 11) is 0. The second-order valence-corrected chi connectivity index (χ2v) is 8.72. The molecule has 1 N–H and O–H groups in total. The Morgan fingerprint density at radius 2 is 1.70 bits per heavy atom. The van der Waals surface area contributed by atoms with Crippen LogP contribution in [-0.2, 0) is 16.1 Å². The first kappa shape index (κ1) is 23.9. The Kier molecular flexibility index (Phi) is 9.37. The van der Waals surface area contributed by atoms with Crippen molar-refractivity contribution < 1.29 is 14.0 Å². The summed E-state index contributed by atoms with van der Waals surface area (Å²) in [5, 5.41) is 2.95. The lowest BCUT2D eigenvalue weighted by atomic mass is 10.1. The monoisotopic (exact) mass is 430 g/mol. The van der Waals surface area contributed by atoms with Gasteiger partial charge in [-0.3, -0.25) is 9.59 Å². The summed E-state index contributed by atoms with van der Waals surface area (Å²) in [6.07, 6.45) is 1.14. The number of carbonyl (C=O) groups excluding carboxylic acids is 2. The third-order valence-corrected chi connectivity index (χ3v) is 6.05. The Morgan fingerprint density at radius 1 is 1.07 bits per heavy atom. The van der Waals surface area contributed by atoms with E-state index in [-0.39, 0.29) is 30.2 Å². The molecule has 0 saturated heterocycles. The van der Waals surface area contributed by atoms with E-state index in [1.165, 1.54) is 17.7 Å². The molecule has 30 heavy (non-hydrogen) atoms. The smallest absolute Gasteiger partial charge is 0.242 e. The number of hydrogen-bond donors (Lipinski definition) is 1. The highest BCUT2D eigenvalue weighted by Gasteiger charge is 2.26. The predicted octanol–water partition coefficient (Wildman–Crippen LogP) is 4.95. The van der Waals surface area contributed by atoms with Gasteiger partial charge in [0.1, 0.15) is 11.9 Å². The van der Waals surface area contributed by atoms with Crippen LogP contribution in [0.2, 0.25) is 0 Å². The molecule has 2 atom stereocenters. The van der Waals surface area contributed by atoms with E-state index in [0.29, 0.717) is 12.2 Å². The molecule has 2 aromatic carbocycles. The van der Waals surface area contributed by atoms with Gasteiger partial charge < -0.3 is 10.2 Å². The molecule has 6 heteroatoms. The molecule has 0 saturated carbocycles. The van der Waals surface area contributed by atoms with Crippen LogP contribution in [0.3, 0.4) is 0 Å². The molecule has 2 aromatic rings. The van der Waals surface area contributed by atoms with Crippen LogP contribution in [0.5, 0.6) is 0 Å². The van der Waals surface area contributed by atoms with Crippen molar-refractivity contribution in [2.45, 2.75) is 64.1 Å². The van der Waals surface area contributed by atoms with Crippen molar-refractivity contribution in [2.75, 3.05) is 5.75 Å². The second-order valence-electron chi connectivity index (χ2n) is 7.55. The van der Waals surface area contributed by atoms with Crippen molar-refractivity contribution in [1.29, 1.82) is 0 Å². The minimum atomic E-state index is -0.610. The summed E-state index contributed by atoms with van der Waals surface area (Å²) in [5.41, 5.74) is 1.99. The van der Waals surface area contributed by atoms with Crippen LogP contribution in [0.4, 0.5) is 4.39 Å². The fourth-order valence-electron chi connectivity index (χ4n) is 2.87. The van der Waals surface area contributed by atoms with Crippen LogP contribution in [0.1, 0.15) is 44.7 Å². The Labute approximate surface area is 183 Å². The van der Waals surface area contributed by atoms with Crippen molar-refractivity contribution in [3.8, 4) is 0 Å². The van der Waals surface area contributed by atoms with Gasteiger partial charge >= 0.3 is 0 Å². The Balaban J connectivity index is 2.06. The zero-order valence-corrected chi connectivity index (χ0v) is 19.0. The maximum Gasteiger partial charge on any atom is 0.242 e. The van der Waals surface area contributed by atoms with Crippen LogP contribution in [-0.4, -0.2) is 34.6 Å². The highest BCUT2D eigenvalue weighted by atomic mass is 32.2. The number of rotatable bonds is 10. The minimum absolute atomic E-state index is 0.0415. The van der Waals surface area contributed by atoms with Crippen LogP contribution < -0.4 is 5.32 Å². The number of amides is 2. The summed E-state index contributed by atoms with van der Waals surface area (Å²) >= 11 is 1.62. The molecule has 0 aliphatic rings. The number of thioether (sulfide) groups is 1. The van der Waals surface area contributed by atoms with E-state index in [4.69, 9.17) is 0 Å². The molecule has 0 aromatic heterocycles. The molecule has 4 nitrogen and oxygen atoms in total. The van der Waals surface area contributed by atoms with Crippen molar-refractivity contribution in [1.82, 2.24) is 10.2 Å². The van der Waals surface area contributed by atoms with Gasteiger partial charge in [-0.2, -0.15) is 0 Å². The third-order valence-electron chi connectivity index (χ3n) is 5.04. The van der Waals surface area contributed by atoms with Crippen molar-refractivity contribution in [2.24, 2.45) is 0 Å². The number of hydrogen-bond acceptors (Lipinski definition) is 3. The SMILES string of the molecule is CC[C@H](C)NC(=O)[C@@H](C)N(Cc1ccc(F)cc1)C(=O)CCSc1ccc(C)cc1. The molecule has 0 heterocycles. The summed E-state index contributed by atoms with van der Waals surface area (Å²) in [6, 6.07) is 13.7. The molecule has 0 spiro atoms. The molecule has 0 unspecified atom stereocenters. The Hall–Kier alpha value is -2.34. The van der Waals surface area contributed by atoms with Crippen LogP contribution in [0.25, 0.3) is 0 Å². The molecule has 2 amide bonds. The largest absolute Gasteiger partial charge is 0.352 e. The summed E-state index contributed by atoms with van der Waals surface area (Å²) < 4.78 is 13.3. The van der Waals surface area contributed by atoms with E-state index in [1.54, 1.807) is 35.7 Å². The van der Waals surface area contributed by atoms with Gasteiger partial charge in [0.2, 0.25) is 11.8 Å². The Morgan fingerprint density at radius 3 is 2.30 bits per heavy atom. The first-order valence-corrected chi connectivity index (χ1v) is 11.3. The van der Waals surface area contributed by atoms with E-state index in [2.05, 4.69) is 5.32 Å². The van der Waals surface area contributed by atoms with Gasteiger partial charge in [-0.25, -0.2) is 4.39 Å². The number of benzene rings is 2. The van der Waals surface area contributed by atoms with Crippen LogP contribution >= 0.6 is 11.8 Å². The molecule has 0 fully saturated rings. The van der Waals surface area contributed by atoms with E-state index in [0.717, 1.165) is 16.9 Å². The number of nitrogens with zero attached hydrogens (tertiary/aromatic N) is 1. The number of nitrogens with one attached hydrogen (secondary N) is 1. The standard InChI is InChI=1S/C24H31FN2O2S/c1-5-18(3)26-24(29)19(4)27(16-20-8-10-21(25)11-9-20)23(28)14-15-30-22-12-6-17(2)7-13-22/h6-13,18-19H,5,14-16H2,1-4H3,(H,26,29)/t18-,19+/m0/s1. The molecular formula is C24H31FN2O2S. The summed E-state index contributed by atoms with van der Waals surface area (Å²) in [5.74, 6) is 0.0343. The minimum Gasteiger partial charge on any atom is -0.352 e. The topological polar surface area (TPSA) is 49.4 Å². The summed E-state index contributed by atoms with van der Waals surface area (Å²) in [6.45, 7) is 7.99. The zero-order valence-electron chi connectivity index (χ0n) is 18.2. The van der Waals surface area contributed by atoms with Crippen LogP contribution in [0, 0.1) is 12.7 Å². The highest BCUT2D eigenvalue weighted by Crippen LogP contribution is 2.20. The quantitative estimate of drug-likeness (QED) is 0.543. The first-order chi connectivity index (χ1) is 14.3. The molecule has 0 aliphatic carbocycles. The predicted molar refractivity (Wildman–Crippen MR) is 121 cm³/mol. The van der Waals surface area contributed by atoms with E-state index < -0.39 is 6.04 Å². The fourth-order valence-corrected chi connectivity index (χ4v) is 3.71. The van der Waals surface area contributed by atoms with E-state index in [1.807, 2.05) is 45.0 Å². The number of halogens is 1. The highest BCUT2D eigenvalue weighted by molar-refractivity contribution is 7.99. The van der Waals surface area contributed by atoms with Gasteiger partial charge in [0.25, 0.3) is 0 Å². The van der Waals surface area contributed by atoms with Gasteiger partial charge in [0, 0.05) is 29.7 Å². The van der Waals surface area contributed by atoms with Crippen molar-refractivity contribution >= 4 is 23.6 Å². The van der Waals surface area contributed by atoms with Gasteiger partial charge in [0.15, 0.2) is 0 Å². The normalized spacial score (nSPS) is 12.8. The average molecular weight is 431 g/mol. The van der Waals surface area contributed by atoms with Crippen LogP contribution in [0.15, 0.2) is 53.4 Å². The van der Waals surface area contributed by atoms with Crippen molar-refractivity contribution in [3.63, 3.8) is 0 Å². The molecule has 0 aliphatic heterocycles. The summed E-state index contributed by atoms with van der Waals surface area (Å²) in [4.78, 5) is 28.4. The van der Waals surface area contributed by atoms with Gasteiger partial charge in [-0.05, 0) is 57.0 Å². The third kappa shape index (κ3) is 7.48. The zero-order chi connectivity index (χ0) is 22.1. The number of carbonyl (C=O) groups is 2. The van der Waals surface area contributed by atoms with Crippen molar-refractivity contribution in [3.05, 3.63) is 65.5 Å². The Bertz CT molecular complexity index is 824. The van der Waals surface area contributed by atoms with E-state index >= 15 is 0 Å².